The first-order chi connectivity index (χ1) is 10.6. The molecule has 2 aromatic heterocycles. The highest BCUT2D eigenvalue weighted by Crippen LogP contribution is 2.23. The van der Waals surface area contributed by atoms with E-state index in [1.807, 2.05) is 37.4 Å². The predicted molar refractivity (Wildman–Crippen MR) is 82.4 cm³/mol. The van der Waals surface area contributed by atoms with E-state index in [-0.39, 0.29) is 6.10 Å². The summed E-state index contributed by atoms with van der Waals surface area (Å²) in [5.74, 6) is -0.534. The Labute approximate surface area is 127 Å². The minimum Gasteiger partial charge on any atom is -0.377 e. The quantitative estimate of drug-likeness (QED) is 0.800. The van der Waals surface area contributed by atoms with Gasteiger partial charge in [0.2, 0.25) is 0 Å². The van der Waals surface area contributed by atoms with Crippen molar-refractivity contribution in [2.75, 3.05) is 7.11 Å². The second kappa shape index (κ2) is 5.57. The summed E-state index contributed by atoms with van der Waals surface area (Å²) in [6, 6.07) is 8.05. The summed E-state index contributed by atoms with van der Waals surface area (Å²) in [5.41, 5.74) is 9.09. The van der Waals surface area contributed by atoms with Crippen molar-refractivity contribution >= 4 is 11.6 Å². The van der Waals surface area contributed by atoms with Gasteiger partial charge < -0.3 is 10.5 Å². The number of hydrogen-bond acceptors (Lipinski definition) is 4. The Bertz CT molecular complexity index is 824. The molecule has 22 heavy (non-hydrogen) atoms. The van der Waals surface area contributed by atoms with Gasteiger partial charge in [0.15, 0.2) is 5.65 Å². The van der Waals surface area contributed by atoms with Crippen LogP contribution in [0.2, 0.25) is 0 Å². The SMILES string of the molecule is CO[C@H](C)c1ccc(-c2cnc3c(C(N)=O)cnn3c2)cc1. The molecule has 3 aromatic rings. The Morgan fingerprint density at radius 3 is 2.59 bits per heavy atom. The molecule has 112 valence electrons. The third kappa shape index (κ3) is 2.44. The van der Waals surface area contributed by atoms with Crippen LogP contribution in [-0.4, -0.2) is 27.6 Å². The molecule has 3 rings (SSSR count). The summed E-state index contributed by atoms with van der Waals surface area (Å²) in [5, 5.41) is 4.12. The molecule has 6 heteroatoms. The number of benzene rings is 1. The van der Waals surface area contributed by atoms with Gasteiger partial charge in [0, 0.05) is 25.1 Å². The van der Waals surface area contributed by atoms with Crippen LogP contribution in [0.25, 0.3) is 16.8 Å². The van der Waals surface area contributed by atoms with Gasteiger partial charge in [0.1, 0.15) is 5.56 Å². The first-order valence-corrected chi connectivity index (χ1v) is 6.86. The van der Waals surface area contributed by atoms with E-state index in [4.69, 9.17) is 10.5 Å². The molecule has 0 fully saturated rings. The second-order valence-corrected chi connectivity index (χ2v) is 5.03. The number of amides is 1. The molecule has 0 spiro atoms. The van der Waals surface area contributed by atoms with Gasteiger partial charge in [-0.3, -0.25) is 4.79 Å². The van der Waals surface area contributed by atoms with Crippen molar-refractivity contribution in [1.29, 1.82) is 0 Å². The first kappa shape index (κ1) is 14.2. The van der Waals surface area contributed by atoms with E-state index >= 15 is 0 Å². The number of ether oxygens (including phenoxy) is 1. The molecule has 0 saturated heterocycles. The van der Waals surface area contributed by atoms with Crippen molar-refractivity contribution < 1.29 is 9.53 Å². The van der Waals surface area contributed by atoms with Crippen LogP contribution < -0.4 is 5.73 Å². The van der Waals surface area contributed by atoms with Gasteiger partial charge in [-0.2, -0.15) is 5.10 Å². The smallest absolute Gasteiger partial charge is 0.254 e. The van der Waals surface area contributed by atoms with Crippen LogP contribution in [0.1, 0.15) is 28.9 Å². The van der Waals surface area contributed by atoms with Crippen LogP contribution in [-0.2, 0) is 4.74 Å². The van der Waals surface area contributed by atoms with Gasteiger partial charge >= 0.3 is 0 Å². The first-order valence-electron chi connectivity index (χ1n) is 6.86. The number of hydrogen-bond donors (Lipinski definition) is 1. The highest BCUT2D eigenvalue weighted by atomic mass is 16.5. The number of fused-ring (bicyclic) bond motifs is 1. The molecule has 0 unspecified atom stereocenters. The number of rotatable bonds is 4. The van der Waals surface area contributed by atoms with Gasteiger partial charge in [-0.05, 0) is 18.1 Å². The van der Waals surface area contributed by atoms with Crippen LogP contribution in [0, 0.1) is 0 Å². The van der Waals surface area contributed by atoms with Crippen molar-refractivity contribution in [3.63, 3.8) is 0 Å². The van der Waals surface area contributed by atoms with Crippen LogP contribution in [0.4, 0.5) is 0 Å². The lowest BCUT2D eigenvalue weighted by atomic mass is 10.0. The van der Waals surface area contributed by atoms with E-state index in [0.29, 0.717) is 11.2 Å². The lowest BCUT2D eigenvalue weighted by Crippen LogP contribution is -2.10. The molecule has 0 aliphatic heterocycles. The zero-order valence-corrected chi connectivity index (χ0v) is 12.4. The topological polar surface area (TPSA) is 82.5 Å². The Balaban J connectivity index is 1.98. The van der Waals surface area contributed by atoms with Crippen molar-refractivity contribution in [2.24, 2.45) is 5.73 Å². The van der Waals surface area contributed by atoms with E-state index in [2.05, 4.69) is 10.1 Å². The summed E-state index contributed by atoms with van der Waals surface area (Å²) < 4.78 is 6.85. The minimum atomic E-state index is -0.534. The molecular formula is C16H16N4O2. The van der Waals surface area contributed by atoms with Crippen molar-refractivity contribution in [3.8, 4) is 11.1 Å². The molecule has 0 aliphatic rings. The summed E-state index contributed by atoms with van der Waals surface area (Å²) in [4.78, 5) is 15.6. The number of carbonyl (C=O) groups excluding carboxylic acids is 1. The Morgan fingerprint density at radius 1 is 1.23 bits per heavy atom. The largest absolute Gasteiger partial charge is 0.377 e. The van der Waals surface area contributed by atoms with Crippen molar-refractivity contribution in [1.82, 2.24) is 14.6 Å². The van der Waals surface area contributed by atoms with Gasteiger partial charge in [-0.1, -0.05) is 24.3 Å². The molecule has 2 heterocycles. The van der Waals surface area contributed by atoms with Crippen molar-refractivity contribution in [3.05, 3.63) is 54.0 Å². The molecule has 0 aliphatic carbocycles. The lowest BCUT2D eigenvalue weighted by molar-refractivity contribution is 0.100. The van der Waals surface area contributed by atoms with Gasteiger partial charge in [-0.25, -0.2) is 9.50 Å². The molecule has 1 aromatic carbocycles. The third-order valence-electron chi connectivity index (χ3n) is 3.69. The maximum atomic E-state index is 11.3. The summed E-state index contributed by atoms with van der Waals surface area (Å²) in [7, 11) is 1.68. The molecule has 1 atom stereocenters. The summed E-state index contributed by atoms with van der Waals surface area (Å²) >= 11 is 0. The van der Waals surface area contributed by atoms with Gasteiger partial charge in [-0.15, -0.1) is 0 Å². The van der Waals surface area contributed by atoms with Crippen LogP contribution in [0.15, 0.2) is 42.9 Å². The third-order valence-corrected chi connectivity index (χ3v) is 3.69. The molecule has 6 nitrogen and oxygen atoms in total. The second-order valence-electron chi connectivity index (χ2n) is 5.03. The average Bonchev–Trinajstić information content (AvgIpc) is 2.97. The van der Waals surface area contributed by atoms with Gasteiger partial charge in [0.25, 0.3) is 5.91 Å². The monoisotopic (exact) mass is 296 g/mol. The van der Waals surface area contributed by atoms with E-state index in [1.165, 1.54) is 6.20 Å². The van der Waals surface area contributed by atoms with E-state index in [9.17, 15) is 4.79 Å². The summed E-state index contributed by atoms with van der Waals surface area (Å²) in [6.45, 7) is 2.00. The fourth-order valence-corrected chi connectivity index (χ4v) is 2.28. The lowest BCUT2D eigenvalue weighted by Gasteiger charge is -2.10. The van der Waals surface area contributed by atoms with Crippen LogP contribution in [0.5, 0.6) is 0 Å². The zero-order chi connectivity index (χ0) is 15.7. The Morgan fingerprint density at radius 2 is 1.95 bits per heavy atom. The molecule has 0 bridgehead atoms. The Kier molecular flexibility index (Phi) is 3.60. The van der Waals surface area contributed by atoms with E-state index < -0.39 is 5.91 Å². The van der Waals surface area contributed by atoms with E-state index in [0.717, 1.165) is 16.7 Å². The van der Waals surface area contributed by atoms with Crippen LogP contribution >= 0.6 is 0 Å². The number of aromatic nitrogens is 3. The zero-order valence-electron chi connectivity index (χ0n) is 12.4. The number of nitrogens with zero attached hydrogens (tertiary/aromatic N) is 3. The molecular weight excluding hydrogens is 280 g/mol. The normalized spacial score (nSPS) is 12.5. The molecule has 0 saturated carbocycles. The Hall–Kier alpha value is -2.73. The predicted octanol–water partition coefficient (Wildman–Crippen LogP) is 2.20. The molecule has 2 N–H and O–H groups in total. The van der Waals surface area contributed by atoms with E-state index in [1.54, 1.807) is 17.8 Å². The molecule has 1 amide bonds. The summed E-state index contributed by atoms with van der Waals surface area (Å²) in [6.07, 6.45) is 5.01. The number of nitrogens with two attached hydrogens (primary N) is 1. The fourth-order valence-electron chi connectivity index (χ4n) is 2.28. The minimum absolute atomic E-state index is 0.0545. The van der Waals surface area contributed by atoms with Crippen molar-refractivity contribution in [2.45, 2.75) is 13.0 Å². The number of carbonyl (C=O) groups is 1. The van der Waals surface area contributed by atoms with Gasteiger partial charge in [0.05, 0.1) is 12.3 Å². The average molecular weight is 296 g/mol. The number of primary amides is 1. The fraction of sp³-hybridized carbons (Fsp3) is 0.188. The highest BCUT2D eigenvalue weighted by molar-refractivity contribution is 5.98. The maximum absolute atomic E-state index is 11.3. The molecule has 0 radical (unpaired) electrons. The standard InChI is InChI=1S/C16H16N4O2/c1-10(22-2)11-3-5-12(6-4-11)13-7-18-16-14(15(17)21)8-19-20(16)9-13/h3-10H,1-2H3,(H2,17,21)/t10-/m1/s1. The highest BCUT2D eigenvalue weighted by Gasteiger charge is 2.11. The maximum Gasteiger partial charge on any atom is 0.254 e. The number of methoxy groups -OCH3 is 1. The van der Waals surface area contributed by atoms with Crippen LogP contribution in [0.3, 0.4) is 0 Å².